The number of rotatable bonds is 8. The van der Waals surface area contributed by atoms with Crippen molar-refractivity contribution in [1.29, 1.82) is 0 Å². The number of carbonyl (C=O) groups is 1. The molecule has 5 nitrogen and oxygen atoms in total. The summed E-state index contributed by atoms with van der Waals surface area (Å²) >= 11 is 1.67. The Bertz CT molecular complexity index is 177. The standard InChI is InChI=1S/C9H20N2O3S/c1-13-8(14-2)6-11-9(12)7(10)4-5-15-3/h7-8H,4-6,10H2,1-3H3,(H,11,12)/t7-/m0/s1. The summed E-state index contributed by atoms with van der Waals surface area (Å²) in [5.41, 5.74) is 5.67. The first kappa shape index (κ1) is 14.7. The Morgan fingerprint density at radius 3 is 2.53 bits per heavy atom. The zero-order valence-electron chi connectivity index (χ0n) is 9.49. The zero-order chi connectivity index (χ0) is 11.7. The Kier molecular flexibility index (Phi) is 8.79. The molecule has 0 aromatic rings. The predicted molar refractivity (Wildman–Crippen MR) is 61.8 cm³/mol. The first-order chi connectivity index (χ1) is 7.15. The van der Waals surface area contributed by atoms with Crippen molar-refractivity contribution < 1.29 is 14.3 Å². The number of hydrogen-bond acceptors (Lipinski definition) is 5. The molecule has 0 aromatic heterocycles. The van der Waals surface area contributed by atoms with Crippen LogP contribution in [0, 0.1) is 0 Å². The van der Waals surface area contributed by atoms with Crippen LogP contribution in [0.5, 0.6) is 0 Å². The van der Waals surface area contributed by atoms with Crippen LogP contribution in [-0.4, -0.2) is 51.0 Å². The van der Waals surface area contributed by atoms with Gasteiger partial charge in [0.25, 0.3) is 0 Å². The van der Waals surface area contributed by atoms with Crippen LogP contribution in [0.1, 0.15) is 6.42 Å². The number of amides is 1. The highest BCUT2D eigenvalue weighted by molar-refractivity contribution is 7.98. The molecule has 0 aliphatic carbocycles. The highest BCUT2D eigenvalue weighted by Crippen LogP contribution is 1.98. The molecule has 0 spiro atoms. The summed E-state index contributed by atoms with van der Waals surface area (Å²) in [6, 6.07) is -0.452. The molecule has 0 aliphatic rings. The van der Waals surface area contributed by atoms with Crippen molar-refractivity contribution in [2.45, 2.75) is 18.8 Å². The van der Waals surface area contributed by atoms with Crippen molar-refractivity contribution in [2.75, 3.05) is 32.8 Å². The molecule has 15 heavy (non-hydrogen) atoms. The molecule has 0 radical (unpaired) electrons. The lowest BCUT2D eigenvalue weighted by molar-refractivity contribution is -0.128. The van der Waals surface area contributed by atoms with Gasteiger partial charge < -0.3 is 20.5 Å². The van der Waals surface area contributed by atoms with Crippen molar-refractivity contribution in [2.24, 2.45) is 5.73 Å². The second-order valence-corrected chi connectivity index (χ2v) is 4.02. The van der Waals surface area contributed by atoms with Crippen molar-refractivity contribution in [3.63, 3.8) is 0 Å². The first-order valence-electron chi connectivity index (χ1n) is 4.73. The van der Waals surface area contributed by atoms with Crippen LogP contribution in [-0.2, 0) is 14.3 Å². The van der Waals surface area contributed by atoms with Gasteiger partial charge >= 0.3 is 0 Å². The normalized spacial score (nSPS) is 12.9. The van der Waals surface area contributed by atoms with Gasteiger partial charge in [-0.2, -0.15) is 11.8 Å². The van der Waals surface area contributed by atoms with E-state index in [4.69, 9.17) is 15.2 Å². The van der Waals surface area contributed by atoms with E-state index in [2.05, 4.69) is 5.32 Å². The minimum Gasteiger partial charge on any atom is -0.354 e. The van der Waals surface area contributed by atoms with E-state index in [0.717, 1.165) is 5.75 Å². The molecule has 0 bridgehead atoms. The third kappa shape index (κ3) is 6.72. The fraction of sp³-hybridized carbons (Fsp3) is 0.889. The maximum atomic E-state index is 11.4. The Morgan fingerprint density at radius 2 is 2.07 bits per heavy atom. The molecule has 0 fully saturated rings. The summed E-state index contributed by atoms with van der Waals surface area (Å²) < 4.78 is 9.86. The zero-order valence-corrected chi connectivity index (χ0v) is 10.3. The second-order valence-electron chi connectivity index (χ2n) is 3.03. The lowest BCUT2D eigenvalue weighted by Gasteiger charge is -2.16. The molecule has 6 heteroatoms. The summed E-state index contributed by atoms with van der Waals surface area (Å²) in [7, 11) is 3.04. The Balaban J connectivity index is 3.71. The monoisotopic (exact) mass is 236 g/mol. The van der Waals surface area contributed by atoms with Gasteiger partial charge in [-0.05, 0) is 18.4 Å². The van der Waals surface area contributed by atoms with Gasteiger partial charge in [-0.3, -0.25) is 4.79 Å². The second kappa shape index (κ2) is 8.96. The number of nitrogens with one attached hydrogen (secondary N) is 1. The van der Waals surface area contributed by atoms with E-state index in [0.29, 0.717) is 13.0 Å². The van der Waals surface area contributed by atoms with Crippen LogP contribution in [0.3, 0.4) is 0 Å². The predicted octanol–water partition coefficient (Wildman–Crippen LogP) is -0.198. The molecular weight excluding hydrogens is 216 g/mol. The smallest absolute Gasteiger partial charge is 0.237 e. The van der Waals surface area contributed by atoms with Gasteiger partial charge in [-0.25, -0.2) is 0 Å². The van der Waals surface area contributed by atoms with Gasteiger partial charge in [0.05, 0.1) is 12.6 Å². The quantitative estimate of drug-likeness (QED) is 0.571. The molecule has 0 heterocycles. The summed E-state index contributed by atoms with van der Waals surface area (Å²) in [5, 5.41) is 2.67. The van der Waals surface area contributed by atoms with Gasteiger partial charge in [0.2, 0.25) is 5.91 Å². The Labute approximate surface area is 95.1 Å². The van der Waals surface area contributed by atoms with Crippen molar-refractivity contribution >= 4 is 17.7 Å². The molecule has 3 N–H and O–H groups in total. The molecule has 0 rings (SSSR count). The Morgan fingerprint density at radius 1 is 1.47 bits per heavy atom. The molecule has 0 saturated carbocycles. The SMILES string of the molecule is COC(CNC(=O)[C@@H](N)CCSC)OC. The summed E-state index contributed by atoms with van der Waals surface area (Å²) in [5.74, 6) is 0.718. The number of nitrogens with two attached hydrogens (primary N) is 1. The molecule has 0 aromatic carbocycles. The molecular formula is C9H20N2O3S. The van der Waals surface area contributed by atoms with E-state index in [-0.39, 0.29) is 5.91 Å². The van der Waals surface area contributed by atoms with Gasteiger partial charge in [0, 0.05) is 14.2 Å². The fourth-order valence-corrected chi connectivity index (χ4v) is 1.44. The largest absolute Gasteiger partial charge is 0.354 e. The molecule has 0 saturated heterocycles. The van der Waals surface area contributed by atoms with Crippen molar-refractivity contribution in [3.05, 3.63) is 0 Å². The fourth-order valence-electron chi connectivity index (χ4n) is 0.954. The van der Waals surface area contributed by atoms with E-state index >= 15 is 0 Å². The number of carbonyl (C=O) groups excluding carboxylic acids is 1. The maximum absolute atomic E-state index is 11.4. The first-order valence-corrected chi connectivity index (χ1v) is 6.12. The van der Waals surface area contributed by atoms with E-state index in [1.165, 1.54) is 14.2 Å². The summed E-state index contributed by atoms with van der Waals surface area (Å²) in [4.78, 5) is 11.4. The average Bonchev–Trinajstić information content (AvgIpc) is 2.26. The topological polar surface area (TPSA) is 73.6 Å². The lowest BCUT2D eigenvalue weighted by atomic mass is 10.2. The molecule has 90 valence electrons. The number of hydrogen-bond donors (Lipinski definition) is 2. The highest BCUT2D eigenvalue weighted by Gasteiger charge is 2.14. The van der Waals surface area contributed by atoms with E-state index in [1.54, 1.807) is 11.8 Å². The summed E-state index contributed by atoms with van der Waals surface area (Å²) in [6.07, 6.45) is 2.25. The van der Waals surface area contributed by atoms with E-state index in [1.807, 2.05) is 6.26 Å². The van der Waals surface area contributed by atoms with Crippen molar-refractivity contribution in [3.8, 4) is 0 Å². The maximum Gasteiger partial charge on any atom is 0.237 e. The van der Waals surface area contributed by atoms with E-state index in [9.17, 15) is 4.79 Å². The van der Waals surface area contributed by atoms with Gasteiger partial charge in [-0.15, -0.1) is 0 Å². The minimum absolute atomic E-state index is 0.164. The average molecular weight is 236 g/mol. The van der Waals surface area contributed by atoms with Gasteiger partial charge in [-0.1, -0.05) is 0 Å². The van der Waals surface area contributed by atoms with Crippen LogP contribution in [0.15, 0.2) is 0 Å². The number of ether oxygens (including phenoxy) is 2. The summed E-state index contributed by atoms with van der Waals surface area (Å²) in [6.45, 7) is 0.318. The molecule has 1 amide bonds. The van der Waals surface area contributed by atoms with Crippen LogP contribution in [0.2, 0.25) is 0 Å². The number of thioether (sulfide) groups is 1. The third-order valence-corrected chi connectivity index (χ3v) is 2.58. The number of methoxy groups -OCH3 is 2. The van der Waals surface area contributed by atoms with Crippen LogP contribution in [0.25, 0.3) is 0 Å². The highest BCUT2D eigenvalue weighted by atomic mass is 32.2. The van der Waals surface area contributed by atoms with Crippen LogP contribution < -0.4 is 11.1 Å². The van der Waals surface area contributed by atoms with E-state index < -0.39 is 12.3 Å². The van der Waals surface area contributed by atoms with Crippen molar-refractivity contribution in [1.82, 2.24) is 5.32 Å². The van der Waals surface area contributed by atoms with Crippen LogP contribution >= 0.6 is 11.8 Å². The molecule has 1 atom stereocenters. The molecule has 0 aliphatic heterocycles. The lowest BCUT2D eigenvalue weighted by Crippen LogP contribution is -2.44. The van der Waals surface area contributed by atoms with Crippen LogP contribution in [0.4, 0.5) is 0 Å². The van der Waals surface area contributed by atoms with Gasteiger partial charge in [0.1, 0.15) is 0 Å². The van der Waals surface area contributed by atoms with Gasteiger partial charge in [0.15, 0.2) is 6.29 Å². The minimum atomic E-state index is -0.452. The third-order valence-electron chi connectivity index (χ3n) is 1.94. The Hall–Kier alpha value is -0.300. The molecule has 0 unspecified atom stereocenters.